The van der Waals surface area contributed by atoms with Gasteiger partial charge in [-0.1, -0.05) is 72.8 Å². The van der Waals surface area contributed by atoms with Gasteiger partial charge >= 0.3 is 0 Å². The number of benzene rings is 5. The summed E-state index contributed by atoms with van der Waals surface area (Å²) in [5, 5.41) is 3.53. The van der Waals surface area contributed by atoms with E-state index in [-0.39, 0.29) is 0 Å². The molecule has 0 saturated carbocycles. The van der Waals surface area contributed by atoms with Crippen molar-refractivity contribution in [3.63, 3.8) is 0 Å². The molecule has 0 amide bonds. The van der Waals surface area contributed by atoms with Crippen LogP contribution in [0.5, 0.6) is 0 Å². The van der Waals surface area contributed by atoms with E-state index in [2.05, 4.69) is 171 Å². The molecular weight excluding hydrogens is 571 g/mol. The predicted octanol–water partition coefficient (Wildman–Crippen LogP) is 10.4. The molecule has 2 nitrogen and oxygen atoms in total. The highest BCUT2D eigenvalue weighted by Gasteiger charge is 2.20. The molecule has 0 spiro atoms. The summed E-state index contributed by atoms with van der Waals surface area (Å²) >= 11 is 4.23. The molecule has 1 aromatic heterocycles. The fourth-order valence-corrected chi connectivity index (χ4v) is 6.13. The zero-order chi connectivity index (χ0) is 24.3. The Morgan fingerprint density at radius 3 is 1.53 bits per heavy atom. The van der Waals surface area contributed by atoms with Crippen LogP contribution in [0.25, 0.3) is 10.1 Å². The molecule has 0 unspecified atom stereocenters. The van der Waals surface area contributed by atoms with Crippen LogP contribution in [0.4, 0.5) is 34.1 Å². The molecule has 1 heterocycles. The van der Waals surface area contributed by atoms with Gasteiger partial charge in [-0.3, -0.25) is 0 Å². The lowest BCUT2D eigenvalue weighted by atomic mass is 10.1. The Morgan fingerprint density at radius 1 is 0.472 bits per heavy atom. The van der Waals surface area contributed by atoms with Crippen LogP contribution in [-0.4, -0.2) is 0 Å². The van der Waals surface area contributed by atoms with Gasteiger partial charge in [-0.05, 0) is 83.3 Å². The van der Waals surface area contributed by atoms with Crippen LogP contribution in [0, 0.1) is 3.57 Å². The first-order valence-corrected chi connectivity index (χ1v) is 13.8. The van der Waals surface area contributed by atoms with E-state index in [4.69, 9.17) is 0 Å². The second-order valence-electron chi connectivity index (χ2n) is 8.46. The molecule has 6 rings (SSSR count). The van der Waals surface area contributed by atoms with E-state index in [0.717, 1.165) is 28.4 Å². The Morgan fingerprint density at radius 2 is 0.944 bits per heavy atom. The molecule has 0 N–H and O–H groups in total. The standard InChI is InChI=1S/C32H23IN2S/c33-24-20-28(34(25-12-4-1-5-13-25)26-14-6-2-7-15-26)22-29(21-24)35(27-16-8-3-9-17-27)31-23-36-32-19-11-10-18-30(31)32/h1-23H. The highest BCUT2D eigenvalue weighted by atomic mass is 127. The van der Waals surface area contributed by atoms with Gasteiger partial charge in [-0.15, -0.1) is 11.3 Å². The number of halogens is 1. The average Bonchev–Trinajstić information content (AvgIpc) is 3.34. The van der Waals surface area contributed by atoms with Crippen molar-refractivity contribution in [3.8, 4) is 0 Å². The number of hydrogen-bond donors (Lipinski definition) is 0. The van der Waals surface area contributed by atoms with Gasteiger partial charge < -0.3 is 9.80 Å². The molecule has 4 heteroatoms. The van der Waals surface area contributed by atoms with E-state index in [1.165, 1.54) is 19.3 Å². The second kappa shape index (κ2) is 10.2. The van der Waals surface area contributed by atoms with E-state index in [0.29, 0.717) is 0 Å². The van der Waals surface area contributed by atoms with Crippen molar-refractivity contribution < 1.29 is 0 Å². The summed E-state index contributed by atoms with van der Waals surface area (Å²) < 4.78 is 2.46. The van der Waals surface area contributed by atoms with E-state index < -0.39 is 0 Å². The topological polar surface area (TPSA) is 6.48 Å². The molecule has 0 aliphatic heterocycles. The van der Waals surface area contributed by atoms with Gasteiger partial charge in [0.05, 0.1) is 5.69 Å². The maximum Gasteiger partial charge on any atom is 0.0647 e. The molecule has 0 bridgehead atoms. The molecule has 0 saturated heterocycles. The second-order valence-corrected chi connectivity index (χ2v) is 10.6. The zero-order valence-electron chi connectivity index (χ0n) is 19.5. The van der Waals surface area contributed by atoms with Crippen molar-refractivity contribution in [2.75, 3.05) is 9.80 Å². The Bertz CT molecular complexity index is 1560. The lowest BCUT2D eigenvalue weighted by Gasteiger charge is -2.29. The molecule has 36 heavy (non-hydrogen) atoms. The van der Waals surface area contributed by atoms with Crippen molar-refractivity contribution >= 4 is 78.1 Å². The molecule has 0 aliphatic rings. The Balaban J connectivity index is 1.56. The quantitative estimate of drug-likeness (QED) is 0.177. The lowest BCUT2D eigenvalue weighted by molar-refractivity contribution is 1.25. The van der Waals surface area contributed by atoms with Crippen molar-refractivity contribution in [1.29, 1.82) is 0 Å². The molecule has 5 aromatic carbocycles. The normalized spacial score (nSPS) is 10.9. The SMILES string of the molecule is Ic1cc(N(c2ccccc2)c2ccccc2)cc(N(c2ccccc2)c2csc3ccccc23)c1. The van der Waals surface area contributed by atoms with Crippen LogP contribution in [0.15, 0.2) is 139 Å². The molecule has 174 valence electrons. The summed E-state index contributed by atoms with van der Waals surface area (Å²) in [6.07, 6.45) is 0. The van der Waals surface area contributed by atoms with Crippen LogP contribution in [0.1, 0.15) is 0 Å². The van der Waals surface area contributed by atoms with Crippen LogP contribution < -0.4 is 9.80 Å². The third-order valence-corrected chi connectivity index (χ3v) is 7.70. The van der Waals surface area contributed by atoms with E-state index in [1.54, 1.807) is 11.3 Å². The minimum Gasteiger partial charge on any atom is -0.310 e. The first kappa shape index (κ1) is 22.8. The first-order chi connectivity index (χ1) is 17.8. The first-order valence-electron chi connectivity index (χ1n) is 11.8. The third kappa shape index (κ3) is 4.50. The van der Waals surface area contributed by atoms with Crippen LogP contribution in [-0.2, 0) is 0 Å². The minimum atomic E-state index is 1.12. The fraction of sp³-hybridized carbons (Fsp3) is 0. The monoisotopic (exact) mass is 594 g/mol. The summed E-state index contributed by atoms with van der Waals surface area (Å²) in [4.78, 5) is 4.69. The Kier molecular flexibility index (Phi) is 6.45. The smallest absolute Gasteiger partial charge is 0.0647 e. The van der Waals surface area contributed by atoms with Gasteiger partial charge in [0, 0.05) is 47.5 Å². The number of anilines is 6. The van der Waals surface area contributed by atoms with Gasteiger partial charge in [0.2, 0.25) is 0 Å². The maximum absolute atomic E-state index is 2.44. The summed E-state index contributed by atoms with van der Waals surface area (Å²) in [6, 6.07) is 47.2. The molecule has 0 atom stereocenters. The number of para-hydroxylation sites is 3. The Labute approximate surface area is 229 Å². The van der Waals surface area contributed by atoms with Gasteiger partial charge in [-0.25, -0.2) is 0 Å². The average molecular weight is 595 g/mol. The fourth-order valence-electron chi connectivity index (χ4n) is 4.56. The number of hydrogen-bond acceptors (Lipinski definition) is 3. The van der Waals surface area contributed by atoms with Crippen molar-refractivity contribution in [3.05, 3.63) is 142 Å². The predicted molar refractivity (Wildman–Crippen MR) is 164 cm³/mol. The van der Waals surface area contributed by atoms with Crippen molar-refractivity contribution in [2.45, 2.75) is 0 Å². The summed E-state index contributed by atoms with van der Waals surface area (Å²) in [7, 11) is 0. The van der Waals surface area contributed by atoms with Crippen LogP contribution in [0.3, 0.4) is 0 Å². The molecule has 0 aliphatic carbocycles. The summed E-state index contributed by atoms with van der Waals surface area (Å²) in [5.74, 6) is 0. The molecule has 0 radical (unpaired) electrons. The van der Waals surface area contributed by atoms with E-state index >= 15 is 0 Å². The summed E-state index contributed by atoms with van der Waals surface area (Å²) in [6.45, 7) is 0. The minimum absolute atomic E-state index is 1.12. The Hall–Kier alpha value is -3.61. The van der Waals surface area contributed by atoms with Gasteiger partial charge in [0.25, 0.3) is 0 Å². The molecule has 0 fully saturated rings. The van der Waals surface area contributed by atoms with E-state index in [1.807, 2.05) is 0 Å². The number of fused-ring (bicyclic) bond motifs is 1. The largest absolute Gasteiger partial charge is 0.310 e. The lowest BCUT2D eigenvalue weighted by Crippen LogP contribution is -2.13. The van der Waals surface area contributed by atoms with Gasteiger partial charge in [-0.2, -0.15) is 0 Å². The van der Waals surface area contributed by atoms with E-state index in [9.17, 15) is 0 Å². The number of rotatable bonds is 6. The summed E-state index contributed by atoms with van der Waals surface area (Å²) in [5.41, 5.74) is 6.84. The van der Waals surface area contributed by atoms with Crippen LogP contribution >= 0.6 is 33.9 Å². The zero-order valence-corrected chi connectivity index (χ0v) is 22.4. The third-order valence-electron chi connectivity index (χ3n) is 6.13. The van der Waals surface area contributed by atoms with Crippen molar-refractivity contribution in [2.24, 2.45) is 0 Å². The van der Waals surface area contributed by atoms with Gasteiger partial charge in [0.1, 0.15) is 0 Å². The maximum atomic E-state index is 2.44. The number of nitrogens with zero attached hydrogens (tertiary/aromatic N) is 2. The van der Waals surface area contributed by atoms with Crippen molar-refractivity contribution in [1.82, 2.24) is 0 Å². The van der Waals surface area contributed by atoms with Crippen LogP contribution in [0.2, 0.25) is 0 Å². The molecule has 6 aromatic rings. The van der Waals surface area contributed by atoms with Gasteiger partial charge in [0.15, 0.2) is 0 Å². The highest BCUT2D eigenvalue weighted by Crippen LogP contribution is 2.44. The highest BCUT2D eigenvalue weighted by molar-refractivity contribution is 14.1. The number of thiophene rings is 1. The molecular formula is C32H23IN2S.